The van der Waals surface area contributed by atoms with Gasteiger partial charge in [-0.3, -0.25) is 19.7 Å². The zero-order chi connectivity index (χ0) is 23.4. The zero-order valence-electron chi connectivity index (χ0n) is 16.6. The predicted octanol–water partition coefficient (Wildman–Crippen LogP) is 0.501. The van der Waals surface area contributed by atoms with Crippen LogP contribution in [0.4, 0.5) is 11.4 Å². The number of aromatic amines is 1. The third-order valence-corrected chi connectivity index (χ3v) is 4.21. The van der Waals surface area contributed by atoms with Crippen molar-refractivity contribution < 1.29 is 14.8 Å². The molecule has 3 rings (SSSR count). The number of hydrogen-bond acceptors (Lipinski definition) is 8. The van der Waals surface area contributed by atoms with E-state index in [9.17, 15) is 24.8 Å². The maximum atomic E-state index is 12.7. The Kier molecular flexibility index (Phi) is 6.21. The minimum absolute atomic E-state index is 0.128. The summed E-state index contributed by atoms with van der Waals surface area (Å²) in [5.74, 6) is -0.677. The number of benzene rings is 2. The summed E-state index contributed by atoms with van der Waals surface area (Å²) in [7, 11) is 0. The Morgan fingerprint density at radius 3 is 2.50 bits per heavy atom. The average molecular weight is 438 g/mol. The van der Waals surface area contributed by atoms with Crippen LogP contribution in [0, 0.1) is 10.1 Å². The van der Waals surface area contributed by atoms with Crippen LogP contribution in [-0.4, -0.2) is 37.6 Å². The maximum Gasteiger partial charge on any atom is 0.276 e. The molecule has 1 aromatic heterocycles. The summed E-state index contributed by atoms with van der Waals surface area (Å²) in [6.45, 7) is 1.36. The van der Waals surface area contributed by atoms with Gasteiger partial charge >= 0.3 is 0 Å². The van der Waals surface area contributed by atoms with E-state index in [1.54, 1.807) is 12.1 Å². The number of non-ortho nitro benzene ring substituents is 1. The number of nitro groups is 1. The number of fused-ring (bicyclic) bond motifs is 1. The van der Waals surface area contributed by atoms with Gasteiger partial charge < -0.3 is 26.9 Å². The van der Waals surface area contributed by atoms with E-state index in [1.807, 2.05) is 0 Å². The van der Waals surface area contributed by atoms with Crippen LogP contribution in [0.1, 0.15) is 24.3 Å². The van der Waals surface area contributed by atoms with Gasteiger partial charge in [0, 0.05) is 24.7 Å². The Morgan fingerprint density at radius 1 is 1.22 bits per heavy atom. The van der Waals surface area contributed by atoms with E-state index in [0.29, 0.717) is 11.3 Å². The number of guanidine groups is 1. The summed E-state index contributed by atoms with van der Waals surface area (Å²) in [5.41, 5.74) is 10.3. The Bertz CT molecular complexity index is 1310. The van der Waals surface area contributed by atoms with Crippen molar-refractivity contribution in [2.24, 2.45) is 21.7 Å². The van der Waals surface area contributed by atoms with E-state index in [2.05, 4.69) is 25.5 Å². The summed E-state index contributed by atoms with van der Waals surface area (Å²) in [4.78, 5) is 40.9. The molecule has 0 radical (unpaired) electrons. The molecule has 0 spiro atoms. The first-order chi connectivity index (χ1) is 15.2. The highest BCUT2D eigenvalue weighted by Crippen LogP contribution is 2.22. The van der Waals surface area contributed by atoms with Crippen LogP contribution in [0.3, 0.4) is 0 Å². The van der Waals surface area contributed by atoms with E-state index in [-0.39, 0.29) is 34.0 Å². The third kappa shape index (κ3) is 4.91. The highest BCUT2D eigenvalue weighted by molar-refractivity contribution is 6.03. The number of nitrogens with two attached hydrogens (primary N) is 2. The van der Waals surface area contributed by atoms with Gasteiger partial charge in [-0.1, -0.05) is 12.1 Å². The van der Waals surface area contributed by atoms with Crippen molar-refractivity contribution in [2.45, 2.75) is 13.0 Å². The van der Waals surface area contributed by atoms with E-state index < -0.39 is 22.5 Å². The molecular formula is C19H18N8O5. The van der Waals surface area contributed by atoms with Gasteiger partial charge in [0.1, 0.15) is 11.8 Å². The molecule has 3 aromatic rings. The van der Waals surface area contributed by atoms with E-state index >= 15 is 0 Å². The van der Waals surface area contributed by atoms with Crippen LogP contribution in [0.15, 0.2) is 57.5 Å². The average Bonchev–Trinajstić information content (AvgIpc) is 2.73. The van der Waals surface area contributed by atoms with Crippen LogP contribution in [0.25, 0.3) is 11.0 Å². The molecule has 0 fully saturated rings. The van der Waals surface area contributed by atoms with Gasteiger partial charge in [0.05, 0.1) is 16.0 Å². The maximum absolute atomic E-state index is 12.7. The van der Waals surface area contributed by atoms with Crippen LogP contribution < -0.4 is 22.3 Å². The molecular weight excluding hydrogens is 420 g/mol. The van der Waals surface area contributed by atoms with Crippen molar-refractivity contribution in [1.29, 1.82) is 0 Å². The van der Waals surface area contributed by atoms with Gasteiger partial charge in [0.15, 0.2) is 5.69 Å². The first-order valence-corrected chi connectivity index (χ1v) is 9.06. The number of aliphatic hydroxyl groups excluding tert-OH is 1. The Balaban J connectivity index is 2.09. The molecule has 0 aliphatic carbocycles. The quantitative estimate of drug-likeness (QED) is 0.158. The number of H-pyrrole nitrogens is 1. The van der Waals surface area contributed by atoms with E-state index in [0.717, 1.165) is 6.07 Å². The number of rotatable bonds is 6. The van der Waals surface area contributed by atoms with Crippen LogP contribution in [0.5, 0.6) is 0 Å². The van der Waals surface area contributed by atoms with Gasteiger partial charge in [-0.25, -0.2) is 4.98 Å². The number of hydrogen-bond donors (Lipinski definition) is 5. The third-order valence-electron chi connectivity index (χ3n) is 4.21. The van der Waals surface area contributed by atoms with Gasteiger partial charge in [-0.15, -0.1) is 10.2 Å². The summed E-state index contributed by atoms with van der Waals surface area (Å²) in [6, 6.07) is 9.86. The number of aliphatic hydroxyl groups is 1. The molecule has 1 heterocycles. The van der Waals surface area contributed by atoms with Crippen molar-refractivity contribution in [3.8, 4) is 0 Å². The number of nitrogens with one attached hydrogen (secondary N) is 2. The lowest BCUT2D eigenvalue weighted by Gasteiger charge is -2.14. The SMILES string of the molecule is CC(=O)Nc1ccc(C(O)/C(=N\N=C(N)N)c2nc3ccc([N+](=O)[O-])cc3[nH]c2=O)cc1. The summed E-state index contributed by atoms with van der Waals surface area (Å²) < 4.78 is 0. The molecule has 32 heavy (non-hydrogen) atoms. The van der Waals surface area contributed by atoms with Gasteiger partial charge in [0.25, 0.3) is 11.2 Å². The number of anilines is 1. The molecule has 1 amide bonds. The second-order valence-corrected chi connectivity index (χ2v) is 6.59. The molecule has 13 nitrogen and oxygen atoms in total. The van der Waals surface area contributed by atoms with Crippen molar-refractivity contribution in [2.75, 3.05) is 5.32 Å². The predicted molar refractivity (Wildman–Crippen MR) is 117 cm³/mol. The van der Waals surface area contributed by atoms with Crippen molar-refractivity contribution >= 4 is 40.0 Å². The number of aromatic nitrogens is 2. The monoisotopic (exact) mass is 438 g/mol. The molecule has 164 valence electrons. The summed E-state index contributed by atoms with van der Waals surface area (Å²) in [5, 5.41) is 31.8. The Hall–Kier alpha value is -4.65. The molecule has 1 atom stereocenters. The van der Waals surface area contributed by atoms with Crippen LogP contribution >= 0.6 is 0 Å². The smallest absolute Gasteiger partial charge is 0.276 e. The molecule has 7 N–H and O–H groups in total. The molecule has 0 saturated carbocycles. The highest BCUT2D eigenvalue weighted by Gasteiger charge is 2.23. The lowest BCUT2D eigenvalue weighted by molar-refractivity contribution is -0.384. The normalized spacial score (nSPS) is 12.2. The lowest BCUT2D eigenvalue weighted by Crippen LogP contribution is -2.27. The lowest BCUT2D eigenvalue weighted by atomic mass is 10.0. The summed E-state index contributed by atoms with van der Waals surface area (Å²) in [6.07, 6.45) is -1.46. The fraction of sp³-hybridized carbons (Fsp3) is 0.105. The molecule has 0 bridgehead atoms. The minimum atomic E-state index is -1.46. The Labute approximate surface area is 179 Å². The Morgan fingerprint density at radius 2 is 1.91 bits per heavy atom. The van der Waals surface area contributed by atoms with Gasteiger partial charge in [-0.2, -0.15) is 0 Å². The van der Waals surface area contributed by atoms with Crippen molar-refractivity contribution in [3.05, 3.63) is 74.2 Å². The second-order valence-electron chi connectivity index (χ2n) is 6.59. The van der Waals surface area contributed by atoms with Gasteiger partial charge in [-0.05, 0) is 23.8 Å². The van der Waals surface area contributed by atoms with Gasteiger partial charge in [0.2, 0.25) is 11.9 Å². The first kappa shape index (κ1) is 22.0. The molecule has 0 aliphatic rings. The topological polar surface area (TPSA) is 215 Å². The van der Waals surface area contributed by atoms with Crippen molar-refractivity contribution in [1.82, 2.24) is 9.97 Å². The van der Waals surface area contributed by atoms with Crippen LogP contribution in [0.2, 0.25) is 0 Å². The molecule has 13 heteroatoms. The van der Waals surface area contributed by atoms with Crippen LogP contribution in [-0.2, 0) is 4.79 Å². The largest absolute Gasteiger partial charge is 0.382 e. The van der Waals surface area contributed by atoms with E-state index in [1.165, 1.54) is 31.2 Å². The van der Waals surface area contributed by atoms with E-state index in [4.69, 9.17) is 11.5 Å². The first-order valence-electron chi connectivity index (χ1n) is 9.06. The molecule has 0 aliphatic heterocycles. The number of carbonyl (C=O) groups is 1. The van der Waals surface area contributed by atoms with Crippen molar-refractivity contribution in [3.63, 3.8) is 0 Å². The summed E-state index contributed by atoms with van der Waals surface area (Å²) >= 11 is 0. The molecule has 2 aromatic carbocycles. The molecule has 0 saturated heterocycles. The fourth-order valence-corrected chi connectivity index (χ4v) is 2.81. The zero-order valence-corrected chi connectivity index (χ0v) is 16.6. The number of carbonyl (C=O) groups excluding carboxylic acids is 1. The number of nitrogens with zero attached hydrogens (tertiary/aromatic N) is 4. The number of nitro benzene ring substituents is 1. The number of amides is 1. The highest BCUT2D eigenvalue weighted by atomic mass is 16.6. The second kappa shape index (κ2) is 9.01. The standard InChI is InChI=1S/C19H18N8O5/c1-9(28)22-11-4-2-10(3-5-11)17(29)15(25-26-19(20)21)16-18(30)24-14-8-12(27(31)32)6-7-13(14)23-16/h2-8,17,29H,1H3,(H,22,28)(H,24,30)(H4,20,21,26)/b25-15-. The minimum Gasteiger partial charge on any atom is -0.382 e. The fourth-order valence-electron chi connectivity index (χ4n) is 2.81. The molecule has 1 unspecified atom stereocenters.